The number of carbonyl (C=O) groups excluding carboxylic acids is 2. The fourth-order valence-electron chi connectivity index (χ4n) is 5.01. The average molecular weight is 457 g/mol. The molecule has 6 nitrogen and oxygen atoms in total. The van der Waals surface area contributed by atoms with Crippen molar-refractivity contribution in [2.75, 3.05) is 11.9 Å². The number of amides is 2. The van der Waals surface area contributed by atoms with Crippen LogP contribution in [0.15, 0.2) is 42.7 Å². The molecule has 2 amide bonds. The van der Waals surface area contributed by atoms with Crippen molar-refractivity contribution in [2.24, 2.45) is 17.6 Å². The molecule has 2 saturated carbocycles. The minimum atomic E-state index is -0.871. The Kier molecular flexibility index (Phi) is 7.02. The molecule has 1 aromatic carbocycles. The zero-order chi connectivity index (χ0) is 23.4. The third-order valence-electron chi connectivity index (χ3n) is 7.34. The Bertz CT molecular complexity index is 989. The van der Waals surface area contributed by atoms with Crippen molar-refractivity contribution in [3.05, 3.63) is 59.9 Å². The zero-order valence-electron chi connectivity index (χ0n) is 18.5. The van der Waals surface area contributed by atoms with Gasteiger partial charge in [-0.05, 0) is 74.3 Å². The second kappa shape index (κ2) is 9.95. The third-order valence-corrected chi connectivity index (χ3v) is 7.34. The molecule has 176 valence electrons. The summed E-state index contributed by atoms with van der Waals surface area (Å²) in [6.45, 7) is 0.355. The maximum Gasteiger partial charge on any atom is 0.237 e. The minimum Gasteiger partial charge on any atom is -0.354 e. The molecule has 2 aliphatic carbocycles. The number of hydrogen-bond acceptors (Lipinski definition) is 4. The molecule has 0 saturated heterocycles. The van der Waals surface area contributed by atoms with Crippen molar-refractivity contribution in [2.45, 2.75) is 56.4 Å². The molecule has 0 bridgehead atoms. The van der Waals surface area contributed by atoms with E-state index in [1.807, 2.05) is 0 Å². The molecule has 1 unspecified atom stereocenters. The zero-order valence-corrected chi connectivity index (χ0v) is 18.5. The lowest BCUT2D eigenvalue weighted by Crippen LogP contribution is -2.52. The number of nitrogens with two attached hydrogens (primary N) is 1. The van der Waals surface area contributed by atoms with Gasteiger partial charge in [0.2, 0.25) is 11.8 Å². The van der Waals surface area contributed by atoms with Crippen LogP contribution in [0.4, 0.5) is 14.5 Å². The van der Waals surface area contributed by atoms with E-state index in [4.69, 9.17) is 5.73 Å². The number of nitrogens with zero attached hydrogens (tertiary/aromatic N) is 1. The lowest BCUT2D eigenvalue weighted by molar-refractivity contribution is -0.124. The number of rotatable bonds is 7. The van der Waals surface area contributed by atoms with Crippen LogP contribution in [-0.2, 0) is 15.0 Å². The van der Waals surface area contributed by atoms with E-state index >= 15 is 0 Å². The summed E-state index contributed by atoms with van der Waals surface area (Å²) in [5, 5.41) is 5.87. The van der Waals surface area contributed by atoms with Crippen molar-refractivity contribution in [1.29, 1.82) is 0 Å². The molecule has 0 spiro atoms. The summed E-state index contributed by atoms with van der Waals surface area (Å²) < 4.78 is 27.1. The van der Waals surface area contributed by atoms with Gasteiger partial charge in [0.15, 0.2) is 11.6 Å². The first-order valence-electron chi connectivity index (χ1n) is 11.6. The van der Waals surface area contributed by atoms with Crippen molar-refractivity contribution in [1.82, 2.24) is 10.3 Å². The Hall–Kier alpha value is -2.87. The topological polar surface area (TPSA) is 97.1 Å². The van der Waals surface area contributed by atoms with Gasteiger partial charge in [-0.3, -0.25) is 14.6 Å². The molecule has 2 aromatic rings. The van der Waals surface area contributed by atoms with Crippen LogP contribution in [0.25, 0.3) is 0 Å². The summed E-state index contributed by atoms with van der Waals surface area (Å²) in [5.74, 6) is -2.08. The fraction of sp³-hybridized carbons (Fsp3) is 0.480. The summed E-state index contributed by atoms with van der Waals surface area (Å²) in [6, 6.07) is 6.82. The highest BCUT2D eigenvalue weighted by molar-refractivity contribution is 5.92. The highest BCUT2D eigenvalue weighted by Crippen LogP contribution is 2.43. The van der Waals surface area contributed by atoms with Crippen molar-refractivity contribution in [3.8, 4) is 0 Å². The van der Waals surface area contributed by atoms with Crippen LogP contribution >= 0.6 is 0 Å². The normalized spacial score (nSPS) is 22.6. The van der Waals surface area contributed by atoms with Gasteiger partial charge in [0.05, 0.1) is 6.04 Å². The Morgan fingerprint density at radius 1 is 1.06 bits per heavy atom. The summed E-state index contributed by atoms with van der Waals surface area (Å²) in [4.78, 5) is 29.2. The fourth-order valence-corrected chi connectivity index (χ4v) is 5.01. The Balaban J connectivity index is 1.27. The van der Waals surface area contributed by atoms with Crippen LogP contribution in [0, 0.1) is 23.5 Å². The summed E-state index contributed by atoms with van der Waals surface area (Å²) in [6.07, 6.45) is 8.63. The molecular weight excluding hydrogens is 426 g/mol. The first-order chi connectivity index (χ1) is 15.9. The molecule has 8 heteroatoms. The number of carbonyl (C=O) groups is 2. The summed E-state index contributed by atoms with van der Waals surface area (Å²) in [5.41, 5.74) is 7.34. The van der Waals surface area contributed by atoms with Crippen LogP contribution in [0.2, 0.25) is 0 Å². The number of benzene rings is 1. The van der Waals surface area contributed by atoms with E-state index in [0.29, 0.717) is 37.8 Å². The molecule has 2 aliphatic rings. The predicted octanol–water partition coefficient (Wildman–Crippen LogP) is 3.67. The molecule has 0 radical (unpaired) electrons. The van der Waals surface area contributed by atoms with E-state index < -0.39 is 17.7 Å². The lowest BCUT2D eigenvalue weighted by Gasteiger charge is -2.43. The molecule has 0 aliphatic heterocycles. The molecule has 1 heterocycles. The van der Waals surface area contributed by atoms with Crippen LogP contribution < -0.4 is 16.4 Å². The van der Waals surface area contributed by atoms with Gasteiger partial charge in [0.1, 0.15) is 0 Å². The Morgan fingerprint density at radius 2 is 1.76 bits per heavy atom. The monoisotopic (exact) mass is 456 g/mol. The van der Waals surface area contributed by atoms with E-state index in [1.165, 1.54) is 6.07 Å². The number of aromatic nitrogens is 1. The SMILES string of the molecule is NC(C(=O)NCC1(c2ccc(F)c(F)c2)CCC1)C1CCC(C(=O)Nc2ccncc2)CC1. The minimum absolute atomic E-state index is 0.00980. The molecule has 2 fully saturated rings. The second-order valence-corrected chi connectivity index (χ2v) is 9.34. The van der Waals surface area contributed by atoms with Gasteiger partial charge in [0.25, 0.3) is 0 Å². The maximum absolute atomic E-state index is 13.7. The summed E-state index contributed by atoms with van der Waals surface area (Å²) >= 11 is 0. The second-order valence-electron chi connectivity index (χ2n) is 9.34. The van der Waals surface area contributed by atoms with E-state index in [1.54, 1.807) is 30.6 Å². The van der Waals surface area contributed by atoms with Gasteiger partial charge in [-0.1, -0.05) is 12.5 Å². The van der Waals surface area contributed by atoms with Gasteiger partial charge < -0.3 is 16.4 Å². The quantitative estimate of drug-likeness (QED) is 0.592. The highest BCUT2D eigenvalue weighted by Gasteiger charge is 2.40. The first-order valence-corrected chi connectivity index (χ1v) is 11.6. The van der Waals surface area contributed by atoms with Crippen LogP contribution in [-0.4, -0.2) is 29.4 Å². The average Bonchev–Trinajstić information content (AvgIpc) is 2.80. The molecule has 4 N–H and O–H groups in total. The van der Waals surface area contributed by atoms with E-state index in [2.05, 4.69) is 15.6 Å². The number of hydrogen-bond donors (Lipinski definition) is 3. The number of anilines is 1. The van der Waals surface area contributed by atoms with E-state index in [-0.39, 0.29) is 29.1 Å². The van der Waals surface area contributed by atoms with Gasteiger partial charge in [0, 0.05) is 36.0 Å². The predicted molar refractivity (Wildman–Crippen MR) is 121 cm³/mol. The lowest BCUT2D eigenvalue weighted by atomic mass is 9.64. The third kappa shape index (κ3) is 5.21. The standard InChI is InChI=1S/C25H30F2N4O2/c26-20-7-6-18(14-21(20)27)25(10-1-11-25)15-30-24(33)22(28)16-2-4-17(5-3-16)23(32)31-19-8-12-29-13-9-19/h6-9,12-14,16-17,22H,1-5,10-11,15,28H2,(H,30,33)(H,29,31,32). The van der Waals surface area contributed by atoms with E-state index in [0.717, 1.165) is 31.0 Å². The molecule has 4 rings (SSSR count). The largest absolute Gasteiger partial charge is 0.354 e. The number of pyridine rings is 1. The maximum atomic E-state index is 13.7. The number of halogens is 2. The van der Waals surface area contributed by atoms with E-state index in [9.17, 15) is 18.4 Å². The molecule has 1 atom stereocenters. The van der Waals surface area contributed by atoms with Crippen molar-refractivity contribution < 1.29 is 18.4 Å². The van der Waals surface area contributed by atoms with Crippen LogP contribution in [0.5, 0.6) is 0 Å². The smallest absolute Gasteiger partial charge is 0.237 e. The summed E-state index contributed by atoms with van der Waals surface area (Å²) in [7, 11) is 0. The van der Waals surface area contributed by atoms with Crippen molar-refractivity contribution in [3.63, 3.8) is 0 Å². The Labute approximate surface area is 192 Å². The van der Waals surface area contributed by atoms with Gasteiger partial charge in [-0.25, -0.2) is 8.78 Å². The number of nitrogens with one attached hydrogen (secondary N) is 2. The van der Waals surface area contributed by atoms with Gasteiger partial charge in [-0.15, -0.1) is 0 Å². The van der Waals surface area contributed by atoms with Gasteiger partial charge in [-0.2, -0.15) is 0 Å². The first kappa shape index (κ1) is 23.3. The molecular formula is C25H30F2N4O2. The van der Waals surface area contributed by atoms with Crippen LogP contribution in [0.1, 0.15) is 50.5 Å². The molecule has 1 aromatic heterocycles. The Morgan fingerprint density at radius 3 is 2.36 bits per heavy atom. The van der Waals surface area contributed by atoms with Gasteiger partial charge >= 0.3 is 0 Å². The van der Waals surface area contributed by atoms with Crippen molar-refractivity contribution >= 4 is 17.5 Å². The highest BCUT2D eigenvalue weighted by atomic mass is 19.2. The molecule has 33 heavy (non-hydrogen) atoms. The van der Waals surface area contributed by atoms with Crippen LogP contribution in [0.3, 0.4) is 0 Å².